The van der Waals surface area contributed by atoms with Crippen LogP contribution in [0.25, 0.3) is 0 Å². The van der Waals surface area contributed by atoms with E-state index in [1.54, 1.807) is 19.1 Å². The standard InChI is InChI=1S/C20H29N3O3/c1-15(24)23-12-6-16(7-13-23)14-22-10-8-19(9-11-22)26-18-4-2-17(3-5-18)20(21)25/h2-5,16,19H,6-14H2,1H3,(H2,21,25). The minimum absolute atomic E-state index is 0.199. The number of ether oxygens (including phenoxy) is 1. The summed E-state index contributed by atoms with van der Waals surface area (Å²) >= 11 is 0. The summed E-state index contributed by atoms with van der Waals surface area (Å²) in [5.74, 6) is 1.28. The first-order valence-corrected chi connectivity index (χ1v) is 9.55. The molecule has 3 rings (SSSR count). The van der Waals surface area contributed by atoms with Crippen LogP contribution in [0.2, 0.25) is 0 Å². The Hall–Kier alpha value is -2.08. The summed E-state index contributed by atoms with van der Waals surface area (Å²) in [5, 5.41) is 0. The summed E-state index contributed by atoms with van der Waals surface area (Å²) < 4.78 is 6.05. The van der Waals surface area contributed by atoms with Gasteiger partial charge in [-0.2, -0.15) is 0 Å². The first kappa shape index (κ1) is 18.7. The number of benzene rings is 1. The van der Waals surface area contributed by atoms with Gasteiger partial charge in [0.1, 0.15) is 11.9 Å². The van der Waals surface area contributed by atoms with Crippen LogP contribution in [0.5, 0.6) is 5.75 Å². The summed E-state index contributed by atoms with van der Waals surface area (Å²) in [6, 6.07) is 7.05. The van der Waals surface area contributed by atoms with Crippen LogP contribution in [0, 0.1) is 5.92 Å². The first-order valence-electron chi connectivity index (χ1n) is 9.55. The number of hydrogen-bond donors (Lipinski definition) is 1. The summed E-state index contributed by atoms with van der Waals surface area (Å²) in [7, 11) is 0. The highest BCUT2D eigenvalue weighted by molar-refractivity contribution is 5.92. The Balaban J connectivity index is 1.39. The predicted molar refractivity (Wildman–Crippen MR) is 100 cm³/mol. The molecule has 0 atom stereocenters. The van der Waals surface area contributed by atoms with Crippen molar-refractivity contribution in [2.75, 3.05) is 32.7 Å². The monoisotopic (exact) mass is 359 g/mol. The van der Waals surface area contributed by atoms with Gasteiger partial charge in [-0.25, -0.2) is 0 Å². The third-order valence-corrected chi connectivity index (χ3v) is 5.55. The lowest BCUT2D eigenvalue weighted by atomic mass is 9.95. The molecule has 2 heterocycles. The van der Waals surface area contributed by atoms with Gasteiger partial charge in [0.25, 0.3) is 0 Å². The first-order chi connectivity index (χ1) is 12.5. The number of amides is 2. The lowest BCUT2D eigenvalue weighted by molar-refractivity contribution is -0.130. The molecule has 0 radical (unpaired) electrons. The van der Waals surface area contributed by atoms with Gasteiger partial charge in [-0.15, -0.1) is 0 Å². The van der Waals surface area contributed by atoms with Gasteiger partial charge in [0.05, 0.1) is 0 Å². The number of piperidine rings is 2. The normalized spacial score (nSPS) is 20.1. The quantitative estimate of drug-likeness (QED) is 0.871. The van der Waals surface area contributed by atoms with Gasteiger partial charge in [0.2, 0.25) is 11.8 Å². The third kappa shape index (κ3) is 4.97. The molecule has 1 aromatic carbocycles. The maximum Gasteiger partial charge on any atom is 0.248 e. The van der Waals surface area contributed by atoms with Gasteiger partial charge in [-0.3, -0.25) is 9.59 Å². The predicted octanol–water partition coefficient (Wildman–Crippen LogP) is 1.89. The number of rotatable bonds is 5. The minimum atomic E-state index is -0.418. The molecule has 26 heavy (non-hydrogen) atoms. The van der Waals surface area contributed by atoms with E-state index in [0.29, 0.717) is 11.5 Å². The molecular weight excluding hydrogens is 330 g/mol. The van der Waals surface area contributed by atoms with Crippen LogP contribution in [-0.2, 0) is 4.79 Å². The van der Waals surface area contributed by atoms with E-state index in [-0.39, 0.29) is 12.0 Å². The average Bonchev–Trinajstić information content (AvgIpc) is 2.64. The lowest BCUT2D eigenvalue weighted by Crippen LogP contribution is -2.44. The van der Waals surface area contributed by atoms with Crippen LogP contribution >= 0.6 is 0 Å². The van der Waals surface area contributed by atoms with E-state index in [4.69, 9.17) is 10.5 Å². The minimum Gasteiger partial charge on any atom is -0.490 e. The molecule has 0 saturated carbocycles. The van der Waals surface area contributed by atoms with Crippen molar-refractivity contribution in [2.45, 2.75) is 38.7 Å². The number of nitrogens with two attached hydrogens (primary N) is 1. The summed E-state index contributed by atoms with van der Waals surface area (Å²) in [5.41, 5.74) is 5.76. The van der Waals surface area contributed by atoms with E-state index >= 15 is 0 Å². The zero-order valence-electron chi connectivity index (χ0n) is 15.5. The molecule has 0 spiro atoms. The number of hydrogen-bond acceptors (Lipinski definition) is 4. The lowest BCUT2D eigenvalue weighted by Gasteiger charge is -2.37. The third-order valence-electron chi connectivity index (χ3n) is 5.55. The van der Waals surface area contributed by atoms with Crippen molar-refractivity contribution in [3.05, 3.63) is 29.8 Å². The van der Waals surface area contributed by atoms with E-state index in [2.05, 4.69) is 4.90 Å². The van der Waals surface area contributed by atoms with Crippen molar-refractivity contribution < 1.29 is 14.3 Å². The second-order valence-corrected chi connectivity index (χ2v) is 7.46. The molecule has 6 nitrogen and oxygen atoms in total. The molecule has 0 aromatic heterocycles. The summed E-state index contributed by atoms with van der Waals surface area (Å²) in [6.45, 7) is 6.70. The van der Waals surface area contributed by atoms with Gasteiger partial charge < -0.3 is 20.3 Å². The van der Waals surface area contributed by atoms with Crippen molar-refractivity contribution >= 4 is 11.8 Å². The van der Waals surface area contributed by atoms with E-state index < -0.39 is 5.91 Å². The van der Waals surface area contributed by atoms with E-state index in [1.165, 1.54) is 0 Å². The van der Waals surface area contributed by atoms with Crippen molar-refractivity contribution in [1.82, 2.24) is 9.80 Å². The molecule has 2 fully saturated rings. The van der Waals surface area contributed by atoms with E-state index in [9.17, 15) is 9.59 Å². The van der Waals surface area contributed by atoms with Crippen molar-refractivity contribution in [2.24, 2.45) is 11.7 Å². The Kier molecular flexibility index (Phi) is 6.14. The molecule has 1 aromatic rings. The van der Waals surface area contributed by atoms with Gasteiger partial charge in [0, 0.05) is 45.2 Å². The van der Waals surface area contributed by atoms with Gasteiger partial charge >= 0.3 is 0 Å². The van der Waals surface area contributed by atoms with Gasteiger partial charge in [-0.1, -0.05) is 0 Å². The number of carbonyl (C=O) groups is 2. The fraction of sp³-hybridized carbons (Fsp3) is 0.600. The molecule has 6 heteroatoms. The molecule has 0 aliphatic carbocycles. The second kappa shape index (κ2) is 8.54. The topological polar surface area (TPSA) is 75.9 Å². The summed E-state index contributed by atoms with van der Waals surface area (Å²) in [4.78, 5) is 27.0. The van der Waals surface area contributed by atoms with E-state index in [0.717, 1.165) is 64.2 Å². The molecule has 2 aliphatic rings. The van der Waals surface area contributed by atoms with Gasteiger partial charge in [0.15, 0.2) is 0 Å². The number of carbonyl (C=O) groups excluding carboxylic acids is 2. The molecule has 2 aliphatic heterocycles. The van der Waals surface area contributed by atoms with Crippen LogP contribution < -0.4 is 10.5 Å². The molecule has 2 amide bonds. The second-order valence-electron chi connectivity index (χ2n) is 7.46. The van der Waals surface area contributed by atoms with Crippen molar-refractivity contribution in [3.8, 4) is 5.75 Å². The number of nitrogens with zero attached hydrogens (tertiary/aromatic N) is 2. The van der Waals surface area contributed by atoms with Crippen LogP contribution in [0.4, 0.5) is 0 Å². The van der Waals surface area contributed by atoms with Crippen LogP contribution in [-0.4, -0.2) is 60.4 Å². The highest BCUT2D eigenvalue weighted by Crippen LogP contribution is 2.23. The highest BCUT2D eigenvalue weighted by Gasteiger charge is 2.26. The molecule has 2 N–H and O–H groups in total. The van der Waals surface area contributed by atoms with Crippen LogP contribution in [0.1, 0.15) is 43.0 Å². The molecular formula is C20H29N3O3. The number of likely N-dealkylation sites (tertiary alicyclic amines) is 2. The summed E-state index contributed by atoms with van der Waals surface area (Å²) in [6.07, 6.45) is 4.49. The Labute approximate surface area is 155 Å². The Morgan fingerprint density at radius 2 is 1.65 bits per heavy atom. The number of primary amides is 1. The Morgan fingerprint density at radius 1 is 1.04 bits per heavy atom. The zero-order chi connectivity index (χ0) is 18.5. The largest absolute Gasteiger partial charge is 0.490 e. The van der Waals surface area contributed by atoms with Crippen LogP contribution in [0.3, 0.4) is 0 Å². The molecule has 0 bridgehead atoms. The fourth-order valence-corrected chi connectivity index (χ4v) is 3.90. The van der Waals surface area contributed by atoms with Crippen LogP contribution in [0.15, 0.2) is 24.3 Å². The average molecular weight is 359 g/mol. The fourth-order valence-electron chi connectivity index (χ4n) is 3.90. The molecule has 2 saturated heterocycles. The van der Waals surface area contributed by atoms with Crippen molar-refractivity contribution in [3.63, 3.8) is 0 Å². The molecule has 0 unspecified atom stereocenters. The Bertz CT molecular complexity index is 616. The Morgan fingerprint density at radius 3 is 2.19 bits per heavy atom. The maximum absolute atomic E-state index is 11.4. The molecule has 142 valence electrons. The smallest absolute Gasteiger partial charge is 0.248 e. The maximum atomic E-state index is 11.4. The van der Waals surface area contributed by atoms with Gasteiger partial charge in [-0.05, 0) is 55.9 Å². The van der Waals surface area contributed by atoms with E-state index in [1.807, 2.05) is 17.0 Å². The zero-order valence-corrected chi connectivity index (χ0v) is 15.5. The van der Waals surface area contributed by atoms with Crippen molar-refractivity contribution in [1.29, 1.82) is 0 Å². The SMILES string of the molecule is CC(=O)N1CCC(CN2CCC(Oc3ccc(C(N)=O)cc3)CC2)CC1. The highest BCUT2D eigenvalue weighted by atomic mass is 16.5.